The Hall–Kier alpha value is -2.49. The van der Waals surface area contributed by atoms with Crippen LogP contribution >= 0.6 is 15.9 Å². The Bertz CT molecular complexity index is 1120. The van der Waals surface area contributed by atoms with E-state index in [1.165, 1.54) is 6.08 Å². The molecule has 5 rings (SSSR count). The second-order valence-corrected chi connectivity index (χ2v) is 12.6. The lowest BCUT2D eigenvalue weighted by Gasteiger charge is -2.42. The van der Waals surface area contributed by atoms with Crippen LogP contribution < -0.4 is 0 Å². The summed E-state index contributed by atoms with van der Waals surface area (Å²) in [5.41, 5.74) is -0.265. The number of alkyl halides is 1. The maximum atomic E-state index is 14.7. The molecule has 1 aromatic carbocycles. The first-order valence-corrected chi connectivity index (χ1v) is 15.3. The molecule has 3 unspecified atom stereocenters. The highest BCUT2D eigenvalue weighted by Gasteiger charge is 2.77. The summed E-state index contributed by atoms with van der Waals surface area (Å²) in [6, 6.07) is 8.01. The van der Waals surface area contributed by atoms with Gasteiger partial charge in [-0.05, 0) is 31.2 Å². The molecule has 3 saturated heterocycles. The third kappa shape index (κ3) is 4.94. The Kier molecular flexibility index (Phi) is 8.83. The van der Waals surface area contributed by atoms with Gasteiger partial charge in [0.2, 0.25) is 11.8 Å². The summed E-state index contributed by atoms with van der Waals surface area (Å²) >= 11 is 3.70. The van der Waals surface area contributed by atoms with Crippen LogP contribution in [0.5, 0.6) is 0 Å². The highest BCUT2D eigenvalue weighted by Crippen LogP contribution is 2.61. The molecule has 0 radical (unpaired) electrons. The molecule has 2 bridgehead atoms. The molecule has 40 heavy (non-hydrogen) atoms. The summed E-state index contributed by atoms with van der Waals surface area (Å²) in [6.07, 6.45) is 8.41. The predicted octanol–water partition coefficient (Wildman–Crippen LogP) is 3.41. The number of aliphatic hydroxyl groups is 1. The molecule has 1 saturated carbocycles. The van der Waals surface area contributed by atoms with Crippen molar-refractivity contribution in [3.63, 3.8) is 0 Å². The lowest BCUT2D eigenvalue weighted by atomic mass is 9.70. The molecule has 3 heterocycles. The van der Waals surface area contributed by atoms with Gasteiger partial charge in [-0.1, -0.05) is 84.3 Å². The minimum atomic E-state index is -1.21. The van der Waals surface area contributed by atoms with E-state index in [0.717, 1.165) is 37.7 Å². The van der Waals surface area contributed by atoms with Gasteiger partial charge in [0.15, 0.2) is 0 Å². The van der Waals surface area contributed by atoms with Crippen LogP contribution in [-0.4, -0.2) is 87.1 Å². The summed E-state index contributed by atoms with van der Waals surface area (Å²) in [5, 5.41) is 10.6. The van der Waals surface area contributed by atoms with Crippen molar-refractivity contribution in [3.8, 4) is 0 Å². The first-order chi connectivity index (χ1) is 19.4. The van der Waals surface area contributed by atoms with Gasteiger partial charge >= 0.3 is 5.97 Å². The number of hydrogen-bond acceptors (Lipinski definition) is 6. The monoisotopic (exact) mass is 614 g/mol. The van der Waals surface area contributed by atoms with Crippen molar-refractivity contribution in [1.82, 2.24) is 9.80 Å². The van der Waals surface area contributed by atoms with Crippen LogP contribution in [0.2, 0.25) is 0 Å². The highest BCUT2D eigenvalue weighted by atomic mass is 79.9. The van der Waals surface area contributed by atoms with Crippen LogP contribution in [0.25, 0.3) is 0 Å². The zero-order valence-corrected chi connectivity index (χ0v) is 24.4. The van der Waals surface area contributed by atoms with Crippen molar-refractivity contribution >= 4 is 33.7 Å². The summed E-state index contributed by atoms with van der Waals surface area (Å²) < 4.78 is 12.1. The van der Waals surface area contributed by atoms with Gasteiger partial charge in [0.05, 0.1) is 30.6 Å². The number of hydrogen-bond donors (Lipinski definition) is 1. The van der Waals surface area contributed by atoms with E-state index >= 15 is 0 Å². The highest BCUT2D eigenvalue weighted by molar-refractivity contribution is 9.09. The van der Waals surface area contributed by atoms with Crippen LogP contribution in [0.1, 0.15) is 44.1 Å². The van der Waals surface area contributed by atoms with Crippen LogP contribution in [0.3, 0.4) is 0 Å². The number of rotatable bonds is 11. The van der Waals surface area contributed by atoms with Gasteiger partial charge in [-0.25, -0.2) is 0 Å². The maximum Gasteiger partial charge on any atom is 0.312 e. The normalized spacial score (nSPS) is 32.0. The smallest absolute Gasteiger partial charge is 0.312 e. The Morgan fingerprint density at radius 3 is 2.58 bits per heavy atom. The van der Waals surface area contributed by atoms with E-state index in [0.29, 0.717) is 19.4 Å². The number of halogens is 1. The SMILES string of the molecule is C=CCOC(=O)[C@H]1[C@H]2C(=O)N([C@@H](CO)Cc3ccccc3)C(C(=O)N(CC=C)C3CCCCC3)C23CC(Br)[C@@H]1O3. The van der Waals surface area contributed by atoms with Gasteiger partial charge in [-0.15, -0.1) is 6.58 Å². The predicted molar refractivity (Wildman–Crippen MR) is 154 cm³/mol. The minimum absolute atomic E-state index is 0.0249. The van der Waals surface area contributed by atoms with E-state index in [1.807, 2.05) is 35.2 Å². The molecule has 1 aliphatic carbocycles. The Morgan fingerprint density at radius 1 is 1.20 bits per heavy atom. The number of benzene rings is 1. The maximum absolute atomic E-state index is 14.7. The van der Waals surface area contributed by atoms with E-state index < -0.39 is 41.6 Å². The molecule has 4 fully saturated rings. The second kappa shape index (κ2) is 12.2. The zero-order valence-electron chi connectivity index (χ0n) is 22.8. The quantitative estimate of drug-likeness (QED) is 0.233. The number of fused-ring (bicyclic) bond motifs is 1. The molecule has 1 N–H and O–H groups in total. The van der Waals surface area contributed by atoms with E-state index in [2.05, 4.69) is 29.1 Å². The van der Waals surface area contributed by atoms with Crippen LogP contribution in [0.4, 0.5) is 0 Å². The summed E-state index contributed by atoms with van der Waals surface area (Å²) in [5.74, 6) is -2.79. The first kappa shape index (κ1) is 29.0. The summed E-state index contributed by atoms with van der Waals surface area (Å²) in [6.45, 7) is 7.59. The Balaban J connectivity index is 1.58. The van der Waals surface area contributed by atoms with Gasteiger partial charge in [-0.2, -0.15) is 0 Å². The summed E-state index contributed by atoms with van der Waals surface area (Å²) in [4.78, 5) is 45.7. The number of carbonyl (C=O) groups is 3. The Morgan fingerprint density at radius 2 is 1.93 bits per heavy atom. The van der Waals surface area contributed by atoms with Crippen molar-refractivity contribution in [3.05, 3.63) is 61.2 Å². The number of ether oxygens (including phenoxy) is 2. The fourth-order valence-electron chi connectivity index (χ4n) is 7.49. The zero-order chi connectivity index (χ0) is 28.4. The molecular weight excluding hydrogens is 576 g/mol. The minimum Gasteiger partial charge on any atom is -0.461 e. The standard InChI is InChI=1S/C31H39BrN2O6/c1-3-15-33(21-13-9-6-10-14-21)29(37)27-31-18-23(32)26(40-31)24(30(38)39-16-4-2)25(31)28(36)34(27)22(19-35)17-20-11-7-5-8-12-20/h3-5,7-8,11-12,21-27,35H,1-2,6,9-10,13-19H2/t22-,23?,24+,25+,26+,27?,31?/m1/s1. The topological polar surface area (TPSA) is 96.4 Å². The van der Waals surface area contributed by atoms with E-state index in [-0.39, 0.29) is 35.9 Å². The van der Waals surface area contributed by atoms with Gasteiger partial charge in [-0.3, -0.25) is 14.4 Å². The number of likely N-dealkylation sites (tertiary alicyclic amines) is 1. The van der Waals surface area contributed by atoms with Crippen molar-refractivity contribution in [1.29, 1.82) is 0 Å². The fourth-order valence-corrected chi connectivity index (χ4v) is 8.43. The molecule has 7 atom stereocenters. The largest absolute Gasteiger partial charge is 0.461 e. The molecule has 3 aliphatic heterocycles. The third-order valence-corrected chi connectivity index (χ3v) is 9.96. The van der Waals surface area contributed by atoms with Crippen molar-refractivity contribution in [2.24, 2.45) is 11.8 Å². The summed E-state index contributed by atoms with van der Waals surface area (Å²) in [7, 11) is 0. The molecule has 8 nitrogen and oxygen atoms in total. The number of esters is 1. The molecular formula is C31H39BrN2O6. The molecule has 216 valence electrons. The van der Waals surface area contributed by atoms with Crippen molar-refractivity contribution in [2.45, 2.75) is 79.6 Å². The fraction of sp³-hybridized carbons (Fsp3) is 0.581. The first-order valence-electron chi connectivity index (χ1n) is 14.4. The van der Waals surface area contributed by atoms with E-state index in [1.54, 1.807) is 11.0 Å². The average molecular weight is 616 g/mol. The average Bonchev–Trinajstić information content (AvgIpc) is 3.57. The second-order valence-electron chi connectivity index (χ2n) is 11.4. The molecule has 0 aromatic heterocycles. The number of aliphatic hydroxyl groups excluding tert-OH is 1. The molecule has 9 heteroatoms. The number of nitrogens with zero attached hydrogens (tertiary/aromatic N) is 2. The van der Waals surface area contributed by atoms with Gasteiger partial charge in [0.1, 0.15) is 18.2 Å². The van der Waals surface area contributed by atoms with Crippen molar-refractivity contribution < 1.29 is 29.0 Å². The van der Waals surface area contributed by atoms with Crippen molar-refractivity contribution in [2.75, 3.05) is 19.8 Å². The lowest BCUT2D eigenvalue weighted by molar-refractivity contribution is -0.156. The van der Waals surface area contributed by atoms with Gasteiger partial charge < -0.3 is 24.4 Å². The van der Waals surface area contributed by atoms with E-state index in [4.69, 9.17) is 9.47 Å². The van der Waals surface area contributed by atoms with Gasteiger partial charge in [0, 0.05) is 17.4 Å². The number of carbonyl (C=O) groups excluding carboxylic acids is 3. The third-order valence-electron chi connectivity index (χ3n) is 9.12. The molecule has 1 spiro atoms. The van der Waals surface area contributed by atoms with E-state index in [9.17, 15) is 19.5 Å². The van der Waals surface area contributed by atoms with Crippen LogP contribution in [0, 0.1) is 11.8 Å². The molecule has 2 amide bonds. The van der Waals surface area contributed by atoms with Gasteiger partial charge in [0.25, 0.3) is 0 Å². The Labute approximate surface area is 244 Å². The molecule has 4 aliphatic rings. The molecule has 1 aromatic rings. The lowest BCUT2D eigenvalue weighted by Crippen LogP contribution is -2.60. The number of amides is 2. The van der Waals surface area contributed by atoms with Crippen LogP contribution in [0.15, 0.2) is 55.6 Å². The van der Waals surface area contributed by atoms with Crippen LogP contribution in [-0.2, 0) is 30.3 Å².